The standard InChI is InChI=1S/C17H22N4O3/c1-5-6-7-20(4)16-15(21(22)23)17(19-11-18-16)24-14-9-12(2)8-13(3)10-14/h8-11H,5-7H2,1-4H3. The Hall–Kier alpha value is -2.70. The predicted octanol–water partition coefficient (Wildman–Crippen LogP) is 4.03. The van der Waals surface area contributed by atoms with Gasteiger partial charge in [0, 0.05) is 13.6 Å². The van der Waals surface area contributed by atoms with E-state index in [2.05, 4.69) is 16.9 Å². The average Bonchev–Trinajstić information content (AvgIpc) is 2.51. The van der Waals surface area contributed by atoms with Crippen molar-refractivity contribution in [1.29, 1.82) is 0 Å². The Morgan fingerprint density at radius 1 is 1.21 bits per heavy atom. The highest BCUT2D eigenvalue weighted by Gasteiger charge is 2.27. The fraction of sp³-hybridized carbons (Fsp3) is 0.412. The molecule has 7 heteroatoms. The average molecular weight is 330 g/mol. The van der Waals surface area contributed by atoms with Crippen molar-refractivity contribution < 1.29 is 9.66 Å². The van der Waals surface area contributed by atoms with Crippen LogP contribution in [0, 0.1) is 24.0 Å². The van der Waals surface area contributed by atoms with Gasteiger partial charge < -0.3 is 9.64 Å². The number of nitro groups is 1. The number of anilines is 1. The Bertz CT molecular complexity index is 714. The molecule has 0 radical (unpaired) electrons. The minimum absolute atomic E-state index is 0.0432. The number of aryl methyl sites for hydroxylation is 2. The van der Waals surface area contributed by atoms with E-state index in [-0.39, 0.29) is 17.4 Å². The molecular formula is C17H22N4O3. The van der Waals surface area contributed by atoms with Crippen LogP contribution in [0.3, 0.4) is 0 Å². The van der Waals surface area contributed by atoms with Gasteiger partial charge in [-0.1, -0.05) is 19.4 Å². The van der Waals surface area contributed by atoms with Gasteiger partial charge in [-0.15, -0.1) is 0 Å². The predicted molar refractivity (Wildman–Crippen MR) is 92.9 cm³/mol. The van der Waals surface area contributed by atoms with Crippen LogP contribution in [0.15, 0.2) is 24.5 Å². The van der Waals surface area contributed by atoms with Gasteiger partial charge in [0.1, 0.15) is 12.1 Å². The summed E-state index contributed by atoms with van der Waals surface area (Å²) < 4.78 is 5.71. The molecule has 0 amide bonds. The molecule has 1 heterocycles. The first kappa shape index (κ1) is 17.7. The third-order valence-electron chi connectivity index (χ3n) is 3.57. The maximum atomic E-state index is 11.6. The molecule has 7 nitrogen and oxygen atoms in total. The van der Waals surface area contributed by atoms with Crippen LogP contribution in [0.25, 0.3) is 0 Å². The smallest absolute Gasteiger partial charge is 0.373 e. The van der Waals surface area contributed by atoms with E-state index in [4.69, 9.17) is 4.74 Å². The van der Waals surface area contributed by atoms with Crippen LogP contribution in [0.5, 0.6) is 11.6 Å². The van der Waals surface area contributed by atoms with Crippen molar-refractivity contribution in [3.63, 3.8) is 0 Å². The molecule has 0 N–H and O–H groups in total. The van der Waals surface area contributed by atoms with Gasteiger partial charge in [0.05, 0.1) is 4.92 Å². The highest BCUT2D eigenvalue weighted by Crippen LogP contribution is 2.36. The quantitative estimate of drug-likeness (QED) is 0.563. The Balaban J connectivity index is 2.40. The van der Waals surface area contributed by atoms with Crippen LogP contribution in [-0.4, -0.2) is 28.5 Å². The second kappa shape index (κ2) is 7.72. The molecule has 1 aromatic heterocycles. The van der Waals surface area contributed by atoms with Crippen molar-refractivity contribution >= 4 is 11.5 Å². The van der Waals surface area contributed by atoms with Crippen molar-refractivity contribution in [1.82, 2.24) is 9.97 Å². The number of ether oxygens (including phenoxy) is 1. The maximum absolute atomic E-state index is 11.6. The van der Waals surface area contributed by atoms with E-state index in [0.717, 1.165) is 24.0 Å². The van der Waals surface area contributed by atoms with E-state index in [0.29, 0.717) is 12.3 Å². The van der Waals surface area contributed by atoms with Crippen molar-refractivity contribution in [2.45, 2.75) is 33.6 Å². The summed E-state index contributed by atoms with van der Waals surface area (Å²) in [6.45, 7) is 6.63. The van der Waals surface area contributed by atoms with Crippen molar-refractivity contribution in [2.24, 2.45) is 0 Å². The first-order valence-corrected chi connectivity index (χ1v) is 7.89. The summed E-state index contributed by atoms with van der Waals surface area (Å²) in [5.74, 6) is 0.748. The molecule has 0 aliphatic carbocycles. The van der Waals surface area contributed by atoms with Gasteiger partial charge in [-0.25, -0.2) is 4.98 Å². The minimum Gasteiger partial charge on any atom is -0.434 e. The number of aromatic nitrogens is 2. The lowest BCUT2D eigenvalue weighted by Gasteiger charge is -2.18. The molecule has 0 spiro atoms. The third kappa shape index (κ3) is 4.18. The molecule has 1 aromatic carbocycles. The van der Waals surface area contributed by atoms with Gasteiger partial charge in [-0.3, -0.25) is 10.1 Å². The van der Waals surface area contributed by atoms with Crippen LogP contribution < -0.4 is 9.64 Å². The number of benzene rings is 1. The summed E-state index contributed by atoms with van der Waals surface area (Å²) in [6.07, 6.45) is 3.21. The lowest BCUT2D eigenvalue weighted by Crippen LogP contribution is -2.21. The van der Waals surface area contributed by atoms with Crippen LogP contribution >= 0.6 is 0 Å². The fourth-order valence-electron chi connectivity index (χ4n) is 2.47. The summed E-state index contributed by atoms with van der Waals surface area (Å²) in [7, 11) is 1.78. The molecule has 24 heavy (non-hydrogen) atoms. The van der Waals surface area contributed by atoms with Crippen LogP contribution in [0.1, 0.15) is 30.9 Å². The lowest BCUT2D eigenvalue weighted by molar-refractivity contribution is -0.385. The van der Waals surface area contributed by atoms with Crippen LogP contribution in [-0.2, 0) is 0 Å². The summed E-state index contributed by atoms with van der Waals surface area (Å²) >= 11 is 0. The van der Waals surface area contributed by atoms with Crippen LogP contribution in [0.2, 0.25) is 0 Å². The molecule has 0 saturated heterocycles. The van der Waals surface area contributed by atoms with E-state index in [1.165, 1.54) is 6.33 Å². The zero-order valence-electron chi connectivity index (χ0n) is 14.4. The molecular weight excluding hydrogens is 308 g/mol. The first-order chi connectivity index (χ1) is 11.4. The zero-order valence-corrected chi connectivity index (χ0v) is 14.4. The maximum Gasteiger partial charge on any atom is 0.373 e. The summed E-state index contributed by atoms with van der Waals surface area (Å²) in [4.78, 5) is 20.9. The topological polar surface area (TPSA) is 81.4 Å². The second-order valence-corrected chi connectivity index (χ2v) is 5.81. The van der Waals surface area contributed by atoms with E-state index in [1.807, 2.05) is 32.0 Å². The Labute approximate surface area is 141 Å². The van der Waals surface area contributed by atoms with Gasteiger partial charge >= 0.3 is 11.6 Å². The van der Waals surface area contributed by atoms with Gasteiger partial charge in [-0.2, -0.15) is 4.98 Å². The highest BCUT2D eigenvalue weighted by atomic mass is 16.6. The molecule has 0 fully saturated rings. The third-order valence-corrected chi connectivity index (χ3v) is 3.57. The van der Waals surface area contributed by atoms with Crippen molar-refractivity contribution in [3.8, 4) is 11.6 Å². The second-order valence-electron chi connectivity index (χ2n) is 5.81. The first-order valence-electron chi connectivity index (χ1n) is 7.89. The number of rotatable bonds is 7. The molecule has 128 valence electrons. The molecule has 0 atom stereocenters. The molecule has 0 bridgehead atoms. The Morgan fingerprint density at radius 2 is 1.88 bits per heavy atom. The van der Waals surface area contributed by atoms with Gasteiger partial charge in [-0.05, 0) is 43.5 Å². The van der Waals surface area contributed by atoms with Gasteiger partial charge in [0.15, 0.2) is 0 Å². The number of nitrogens with zero attached hydrogens (tertiary/aromatic N) is 4. The van der Waals surface area contributed by atoms with E-state index in [1.54, 1.807) is 11.9 Å². The van der Waals surface area contributed by atoms with Crippen molar-refractivity contribution in [2.75, 3.05) is 18.5 Å². The molecule has 0 aliphatic heterocycles. The molecule has 2 aromatic rings. The highest BCUT2D eigenvalue weighted by molar-refractivity contribution is 5.63. The van der Waals surface area contributed by atoms with E-state index < -0.39 is 4.92 Å². The number of unbranched alkanes of at least 4 members (excludes halogenated alkanes) is 1. The lowest BCUT2D eigenvalue weighted by atomic mass is 10.1. The SMILES string of the molecule is CCCCN(C)c1ncnc(Oc2cc(C)cc(C)c2)c1[N+](=O)[O-]. The Morgan fingerprint density at radius 3 is 2.46 bits per heavy atom. The molecule has 0 aliphatic rings. The minimum atomic E-state index is -0.490. The van der Waals surface area contributed by atoms with E-state index >= 15 is 0 Å². The van der Waals surface area contributed by atoms with Gasteiger partial charge in [0.2, 0.25) is 5.82 Å². The molecule has 2 rings (SSSR count). The normalized spacial score (nSPS) is 10.5. The van der Waals surface area contributed by atoms with Crippen molar-refractivity contribution in [3.05, 3.63) is 45.8 Å². The van der Waals surface area contributed by atoms with Gasteiger partial charge in [0.25, 0.3) is 0 Å². The van der Waals surface area contributed by atoms with E-state index in [9.17, 15) is 10.1 Å². The molecule has 0 saturated carbocycles. The number of hydrogen-bond acceptors (Lipinski definition) is 6. The fourth-order valence-corrected chi connectivity index (χ4v) is 2.47. The zero-order chi connectivity index (χ0) is 17.7. The summed E-state index contributed by atoms with van der Waals surface area (Å²) in [6, 6.07) is 5.64. The summed E-state index contributed by atoms with van der Waals surface area (Å²) in [5.41, 5.74) is 1.82. The monoisotopic (exact) mass is 330 g/mol. The summed E-state index contributed by atoms with van der Waals surface area (Å²) in [5, 5.41) is 11.6. The van der Waals surface area contributed by atoms with Crippen LogP contribution in [0.4, 0.5) is 11.5 Å². The largest absolute Gasteiger partial charge is 0.434 e. The Kier molecular flexibility index (Phi) is 5.68. The number of hydrogen-bond donors (Lipinski definition) is 0. The molecule has 0 unspecified atom stereocenters.